The van der Waals surface area contributed by atoms with Crippen molar-refractivity contribution in [2.45, 2.75) is 0 Å². The summed E-state index contributed by atoms with van der Waals surface area (Å²) in [7, 11) is 0. The van der Waals surface area contributed by atoms with E-state index < -0.39 is 0 Å². The van der Waals surface area contributed by atoms with Crippen LogP contribution in [0.2, 0.25) is 0 Å². The van der Waals surface area contributed by atoms with E-state index in [2.05, 4.69) is 0 Å². The molecule has 14 heavy (non-hydrogen) atoms. The first kappa shape index (κ1) is 19.3. The second-order valence-corrected chi connectivity index (χ2v) is 2.18. The molecular weight excluding hydrogens is 184 g/mol. The van der Waals surface area contributed by atoms with Crippen LogP contribution in [0, 0.1) is 0 Å². The van der Waals surface area contributed by atoms with Crippen LogP contribution in [0.3, 0.4) is 0 Å². The fourth-order valence-electron chi connectivity index (χ4n) is 0.149. The quantitative estimate of drug-likeness (QED) is 0.180. The van der Waals surface area contributed by atoms with Gasteiger partial charge in [0.25, 0.3) is 0 Å². The monoisotopic (exact) mass is 210 g/mol. The molecule has 0 aliphatic rings. The fraction of sp³-hybridized carbons (Fsp3) is 1.00. The predicted octanol–water partition coefficient (Wildman–Crippen LogP) is -4.20. The molecule has 0 rings (SSSR count). The van der Waals surface area contributed by atoms with Gasteiger partial charge in [0.1, 0.15) is 0 Å². The Hall–Kier alpha value is -0.320. The number of rotatable bonds is 4. The van der Waals surface area contributed by atoms with E-state index in [0.717, 1.165) is 5.12 Å². The van der Waals surface area contributed by atoms with Crippen LogP contribution in [0.15, 0.2) is 0 Å². The number of nitrogens with two attached hydrogens (primary N) is 7. The summed E-state index contributed by atoms with van der Waals surface area (Å²) >= 11 is 0. The summed E-state index contributed by atoms with van der Waals surface area (Å²) in [5, 5.41) is 1.06. The van der Waals surface area contributed by atoms with Crippen LogP contribution >= 0.6 is 0 Å². The molecule has 0 spiro atoms. The maximum Gasteiger partial charge on any atom is 0.0406 e. The summed E-state index contributed by atoms with van der Waals surface area (Å²) in [6.07, 6.45) is 0. The topological polar surface area (TPSA) is 185 Å². The Balaban J connectivity index is -0.000000135. The highest BCUT2D eigenvalue weighted by Crippen LogP contribution is 1.52. The molecule has 0 bridgehead atoms. The lowest BCUT2D eigenvalue weighted by Crippen LogP contribution is -2.41. The first-order valence-electron chi connectivity index (χ1n) is 4.37. The summed E-state index contributed by atoms with van der Waals surface area (Å²) in [5.74, 6) is 9.87. The molecule has 0 saturated carbocycles. The molecule has 90 valence electrons. The van der Waals surface area contributed by atoms with Gasteiger partial charge in [-0.3, -0.25) is 11.7 Å². The van der Waals surface area contributed by atoms with Crippen molar-refractivity contribution in [1.82, 2.24) is 5.12 Å². The summed E-state index contributed by atoms with van der Waals surface area (Å²) in [5.41, 5.74) is 24.6. The first-order chi connectivity index (χ1) is 6.60. The first-order valence-corrected chi connectivity index (χ1v) is 4.37. The van der Waals surface area contributed by atoms with Gasteiger partial charge >= 0.3 is 0 Å². The zero-order valence-corrected chi connectivity index (χ0v) is 8.73. The molecule has 8 nitrogen and oxygen atoms in total. The Morgan fingerprint density at radius 2 is 0.857 bits per heavy atom. The van der Waals surface area contributed by atoms with Crippen LogP contribution in [-0.4, -0.2) is 44.4 Å². The normalized spacial score (nSPS) is 8.57. The number of hydrogen-bond donors (Lipinski definition) is 7. The Labute approximate surface area is 85.7 Å². The Bertz CT molecular complexity index is 60.9. The van der Waals surface area contributed by atoms with Gasteiger partial charge in [-0.2, -0.15) is 5.12 Å². The maximum absolute atomic E-state index is 5.03. The van der Waals surface area contributed by atoms with Crippen LogP contribution in [0.4, 0.5) is 0 Å². The van der Waals surface area contributed by atoms with Gasteiger partial charge in [-0.1, -0.05) is 0 Å². The van der Waals surface area contributed by atoms with E-state index in [-0.39, 0.29) is 0 Å². The van der Waals surface area contributed by atoms with Gasteiger partial charge in [0, 0.05) is 39.3 Å². The second kappa shape index (κ2) is 23.0. The fourth-order valence-corrected chi connectivity index (χ4v) is 0.149. The summed E-state index contributed by atoms with van der Waals surface area (Å²) < 4.78 is 0. The standard InChI is InChI=1S/C2H10N4.2C2H8N2/c3-1-2-6(4)5;2*3-1-2-4/h1-5H2;2*1-4H2. The number of hydrogen-bond acceptors (Lipinski definition) is 8. The van der Waals surface area contributed by atoms with E-state index in [1.165, 1.54) is 0 Å². The number of nitrogens with zero attached hydrogens (tertiary/aromatic N) is 1. The third-order valence-electron chi connectivity index (χ3n) is 0.721. The summed E-state index contributed by atoms with van der Waals surface area (Å²) in [4.78, 5) is 0. The van der Waals surface area contributed by atoms with Crippen molar-refractivity contribution in [3.05, 3.63) is 0 Å². The molecule has 0 heterocycles. The largest absolute Gasteiger partial charge is 0.329 e. The van der Waals surface area contributed by atoms with E-state index in [4.69, 9.17) is 40.4 Å². The molecule has 0 aliphatic heterocycles. The van der Waals surface area contributed by atoms with Gasteiger partial charge in [0.15, 0.2) is 0 Å². The zero-order chi connectivity index (χ0) is 11.8. The van der Waals surface area contributed by atoms with E-state index >= 15 is 0 Å². The maximum atomic E-state index is 5.03. The van der Waals surface area contributed by atoms with E-state index in [1.54, 1.807) is 0 Å². The Morgan fingerprint density at radius 1 is 0.571 bits per heavy atom. The molecular formula is C6H26N8. The van der Waals surface area contributed by atoms with Crippen molar-refractivity contribution >= 4 is 0 Å². The van der Waals surface area contributed by atoms with Crippen LogP contribution in [-0.2, 0) is 0 Å². The van der Waals surface area contributed by atoms with Crippen LogP contribution in [0.1, 0.15) is 0 Å². The molecule has 0 saturated heterocycles. The minimum Gasteiger partial charge on any atom is -0.329 e. The third-order valence-corrected chi connectivity index (χ3v) is 0.721. The average Bonchev–Trinajstić information content (AvgIpc) is 2.18. The summed E-state index contributed by atoms with van der Waals surface area (Å²) in [6, 6.07) is 0. The minimum absolute atomic E-state index is 0.507. The molecule has 14 N–H and O–H groups in total. The van der Waals surface area contributed by atoms with Crippen molar-refractivity contribution in [1.29, 1.82) is 0 Å². The Kier molecular flexibility index (Phi) is 31.6. The van der Waals surface area contributed by atoms with Gasteiger partial charge in [0.2, 0.25) is 0 Å². The molecule has 0 fully saturated rings. The van der Waals surface area contributed by atoms with Crippen LogP contribution < -0.4 is 40.4 Å². The highest BCUT2D eigenvalue weighted by atomic mass is 15.6. The third kappa shape index (κ3) is 60.8. The van der Waals surface area contributed by atoms with Crippen molar-refractivity contribution in [3.63, 3.8) is 0 Å². The van der Waals surface area contributed by atoms with Crippen molar-refractivity contribution < 1.29 is 0 Å². The van der Waals surface area contributed by atoms with Gasteiger partial charge in [0.05, 0.1) is 0 Å². The number of hydrazine groups is 2. The zero-order valence-electron chi connectivity index (χ0n) is 8.73. The predicted molar refractivity (Wildman–Crippen MR) is 60.4 cm³/mol. The second-order valence-electron chi connectivity index (χ2n) is 2.18. The molecule has 0 aromatic heterocycles. The van der Waals surface area contributed by atoms with E-state index in [9.17, 15) is 0 Å². The summed E-state index contributed by atoms with van der Waals surface area (Å²) in [6.45, 7) is 3.44. The van der Waals surface area contributed by atoms with Gasteiger partial charge < -0.3 is 28.7 Å². The van der Waals surface area contributed by atoms with Gasteiger partial charge in [-0.05, 0) is 0 Å². The van der Waals surface area contributed by atoms with E-state index in [0.29, 0.717) is 39.3 Å². The highest BCUT2D eigenvalue weighted by molar-refractivity contribution is 4.33. The lowest BCUT2D eigenvalue weighted by atomic mass is 10.7. The molecule has 8 heteroatoms. The smallest absolute Gasteiger partial charge is 0.0406 e. The average molecular weight is 210 g/mol. The highest BCUT2D eigenvalue weighted by Gasteiger charge is 1.80. The molecule has 0 aromatic rings. The van der Waals surface area contributed by atoms with Crippen LogP contribution in [0.25, 0.3) is 0 Å². The minimum atomic E-state index is 0.507. The Morgan fingerprint density at radius 3 is 0.857 bits per heavy atom. The van der Waals surface area contributed by atoms with Gasteiger partial charge in [-0.25, -0.2) is 0 Å². The lowest BCUT2D eigenvalue weighted by Gasteiger charge is -2.03. The molecule has 0 radical (unpaired) electrons. The molecule has 0 atom stereocenters. The van der Waals surface area contributed by atoms with Crippen molar-refractivity contribution in [2.75, 3.05) is 39.3 Å². The molecule has 0 unspecified atom stereocenters. The van der Waals surface area contributed by atoms with Crippen molar-refractivity contribution in [2.24, 2.45) is 40.4 Å². The molecule has 0 amide bonds. The van der Waals surface area contributed by atoms with Gasteiger partial charge in [-0.15, -0.1) is 0 Å². The van der Waals surface area contributed by atoms with Crippen LogP contribution in [0.5, 0.6) is 0 Å². The molecule has 0 aliphatic carbocycles. The SMILES string of the molecule is NCCN.NCCN.NCCN(N)N. The molecule has 0 aromatic carbocycles. The van der Waals surface area contributed by atoms with Crippen molar-refractivity contribution in [3.8, 4) is 0 Å². The lowest BCUT2D eigenvalue weighted by molar-refractivity contribution is 0.303. The van der Waals surface area contributed by atoms with E-state index in [1.807, 2.05) is 0 Å².